The Morgan fingerprint density at radius 3 is 3.00 bits per heavy atom. The molecule has 0 radical (unpaired) electrons. The molecule has 1 saturated heterocycles. The fourth-order valence-electron chi connectivity index (χ4n) is 3.32. The van der Waals surface area contributed by atoms with E-state index in [2.05, 4.69) is 24.8 Å². The lowest BCUT2D eigenvalue weighted by Gasteiger charge is -2.35. The fourth-order valence-corrected chi connectivity index (χ4v) is 3.87. The number of rotatable bonds is 7. The molecule has 0 spiro atoms. The Balaban J connectivity index is 1.47. The normalized spacial score (nSPS) is 18.6. The van der Waals surface area contributed by atoms with Crippen molar-refractivity contribution in [2.75, 3.05) is 18.4 Å². The van der Waals surface area contributed by atoms with Crippen molar-refractivity contribution >= 4 is 22.4 Å². The lowest BCUT2D eigenvalue weighted by Crippen LogP contribution is -2.41. The Morgan fingerprint density at radius 1 is 1.33 bits per heavy atom. The van der Waals surface area contributed by atoms with Gasteiger partial charge in [-0.05, 0) is 32.7 Å². The van der Waals surface area contributed by atoms with E-state index in [1.807, 2.05) is 24.7 Å². The van der Waals surface area contributed by atoms with Gasteiger partial charge in [-0.2, -0.15) is 0 Å². The molecule has 1 amide bonds. The summed E-state index contributed by atoms with van der Waals surface area (Å²) >= 11 is 1.46. The van der Waals surface area contributed by atoms with Gasteiger partial charge < -0.3 is 9.88 Å². The quantitative estimate of drug-likeness (QED) is 0.836. The molecule has 0 saturated carbocycles. The molecular formula is C17H25N5OS. The number of carbonyl (C=O) groups is 1. The number of nitrogens with one attached hydrogen (secondary N) is 1. The van der Waals surface area contributed by atoms with Crippen molar-refractivity contribution in [3.63, 3.8) is 0 Å². The van der Waals surface area contributed by atoms with E-state index in [0.717, 1.165) is 31.9 Å². The molecule has 2 aromatic rings. The average molecular weight is 347 g/mol. The number of carbonyl (C=O) groups excluding carboxylic acids is 1. The molecule has 1 fully saturated rings. The van der Waals surface area contributed by atoms with Crippen LogP contribution >= 0.6 is 11.3 Å². The van der Waals surface area contributed by atoms with Crippen LogP contribution in [0.1, 0.15) is 37.9 Å². The van der Waals surface area contributed by atoms with Gasteiger partial charge >= 0.3 is 0 Å². The maximum absolute atomic E-state index is 12.1. The van der Waals surface area contributed by atoms with Gasteiger partial charge in [0, 0.05) is 49.5 Å². The first-order chi connectivity index (χ1) is 11.7. The maximum atomic E-state index is 12.1. The van der Waals surface area contributed by atoms with Crippen molar-refractivity contribution in [3.8, 4) is 0 Å². The number of anilines is 1. The molecule has 2 aromatic heterocycles. The van der Waals surface area contributed by atoms with E-state index >= 15 is 0 Å². The van der Waals surface area contributed by atoms with E-state index < -0.39 is 0 Å². The molecule has 1 N–H and O–H groups in total. The molecule has 0 bridgehead atoms. The number of hydrogen-bond donors (Lipinski definition) is 1. The highest BCUT2D eigenvalue weighted by Crippen LogP contribution is 2.21. The number of imidazole rings is 1. The smallest absolute Gasteiger partial charge is 0.227 e. The van der Waals surface area contributed by atoms with Gasteiger partial charge in [-0.3, -0.25) is 9.69 Å². The SMILES string of the molecule is Cc1nccn1CC[C@H]1CCCCN1CCC(=O)Nc1nccs1. The number of hydrogen-bond acceptors (Lipinski definition) is 5. The number of thiazole rings is 1. The topological polar surface area (TPSA) is 63.1 Å². The second kappa shape index (κ2) is 8.39. The molecule has 1 atom stereocenters. The number of aromatic nitrogens is 3. The molecule has 7 heteroatoms. The average Bonchev–Trinajstić information content (AvgIpc) is 3.23. The third kappa shape index (κ3) is 4.64. The largest absolute Gasteiger partial charge is 0.335 e. The summed E-state index contributed by atoms with van der Waals surface area (Å²) in [4.78, 5) is 22.9. The van der Waals surface area contributed by atoms with Crippen LogP contribution in [0.3, 0.4) is 0 Å². The number of piperidine rings is 1. The van der Waals surface area contributed by atoms with Crippen molar-refractivity contribution < 1.29 is 4.79 Å². The van der Waals surface area contributed by atoms with Gasteiger partial charge in [-0.1, -0.05) is 6.42 Å². The highest BCUT2D eigenvalue weighted by molar-refractivity contribution is 7.13. The van der Waals surface area contributed by atoms with Gasteiger partial charge in [0.1, 0.15) is 5.82 Å². The van der Waals surface area contributed by atoms with Crippen LogP contribution in [0.4, 0.5) is 5.13 Å². The molecule has 3 rings (SSSR count). The molecule has 130 valence electrons. The summed E-state index contributed by atoms with van der Waals surface area (Å²) in [6.07, 6.45) is 11.0. The van der Waals surface area contributed by atoms with Crippen molar-refractivity contribution in [3.05, 3.63) is 29.8 Å². The number of amides is 1. The van der Waals surface area contributed by atoms with Crippen molar-refractivity contribution in [1.82, 2.24) is 19.4 Å². The molecule has 0 unspecified atom stereocenters. The zero-order valence-corrected chi connectivity index (χ0v) is 15.0. The first-order valence-corrected chi connectivity index (χ1v) is 9.51. The second-order valence-electron chi connectivity index (χ2n) is 6.28. The van der Waals surface area contributed by atoms with Crippen LogP contribution in [0.2, 0.25) is 0 Å². The molecule has 0 aromatic carbocycles. The van der Waals surface area contributed by atoms with E-state index in [0.29, 0.717) is 17.6 Å². The lowest BCUT2D eigenvalue weighted by atomic mass is 9.99. The molecule has 3 heterocycles. The summed E-state index contributed by atoms with van der Waals surface area (Å²) in [7, 11) is 0. The third-order valence-electron chi connectivity index (χ3n) is 4.68. The first kappa shape index (κ1) is 17.1. The Kier molecular flexibility index (Phi) is 5.98. The third-order valence-corrected chi connectivity index (χ3v) is 5.37. The maximum Gasteiger partial charge on any atom is 0.227 e. The highest BCUT2D eigenvalue weighted by Gasteiger charge is 2.22. The minimum Gasteiger partial charge on any atom is -0.335 e. The fraction of sp³-hybridized carbons (Fsp3) is 0.588. The van der Waals surface area contributed by atoms with Gasteiger partial charge in [0.05, 0.1) is 0 Å². The summed E-state index contributed by atoms with van der Waals surface area (Å²) in [5, 5.41) is 5.42. The molecule has 1 aliphatic heterocycles. The van der Waals surface area contributed by atoms with E-state index in [4.69, 9.17) is 0 Å². The predicted molar refractivity (Wildman–Crippen MR) is 96.2 cm³/mol. The highest BCUT2D eigenvalue weighted by atomic mass is 32.1. The predicted octanol–water partition coefficient (Wildman–Crippen LogP) is 2.92. The van der Waals surface area contributed by atoms with Crippen LogP contribution in [-0.2, 0) is 11.3 Å². The lowest BCUT2D eigenvalue weighted by molar-refractivity contribution is -0.116. The summed E-state index contributed by atoms with van der Waals surface area (Å²) in [5.41, 5.74) is 0. The van der Waals surface area contributed by atoms with Crippen LogP contribution in [0.15, 0.2) is 24.0 Å². The van der Waals surface area contributed by atoms with Gasteiger partial charge in [0.15, 0.2) is 5.13 Å². The van der Waals surface area contributed by atoms with Crippen LogP contribution in [0, 0.1) is 6.92 Å². The first-order valence-electron chi connectivity index (χ1n) is 8.63. The Hall–Kier alpha value is -1.73. The minimum atomic E-state index is 0.0553. The van der Waals surface area contributed by atoms with Crippen molar-refractivity contribution in [1.29, 1.82) is 0 Å². The summed E-state index contributed by atoms with van der Waals surface area (Å²) in [6, 6.07) is 0.563. The molecule has 6 nitrogen and oxygen atoms in total. The van der Waals surface area contributed by atoms with Crippen LogP contribution < -0.4 is 5.32 Å². The molecular weight excluding hydrogens is 322 g/mol. The van der Waals surface area contributed by atoms with Crippen LogP contribution in [0.25, 0.3) is 0 Å². The number of aryl methyl sites for hydroxylation is 2. The minimum absolute atomic E-state index is 0.0553. The second-order valence-corrected chi connectivity index (χ2v) is 7.17. The Labute approximate surface area is 146 Å². The van der Waals surface area contributed by atoms with E-state index in [1.165, 1.54) is 30.6 Å². The zero-order chi connectivity index (χ0) is 16.8. The van der Waals surface area contributed by atoms with Gasteiger partial charge in [-0.15, -0.1) is 11.3 Å². The van der Waals surface area contributed by atoms with E-state index in [9.17, 15) is 4.79 Å². The van der Waals surface area contributed by atoms with E-state index in [1.54, 1.807) is 6.20 Å². The Morgan fingerprint density at radius 2 is 2.25 bits per heavy atom. The summed E-state index contributed by atoms with van der Waals surface area (Å²) in [6.45, 7) is 4.96. The molecule has 24 heavy (non-hydrogen) atoms. The van der Waals surface area contributed by atoms with Crippen molar-refractivity contribution in [2.45, 2.75) is 51.6 Å². The Bertz CT molecular complexity index is 639. The number of nitrogens with zero attached hydrogens (tertiary/aromatic N) is 4. The van der Waals surface area contributed by atoms with E-state index in [-0.39, 0.29) is 5.91 Å². The monoisotopic (exact) mass is 347 g/mol. The van der Waals surface area contributed by atoms with Crippen LogP contribution in [0.5, 0.6) is 0 Å². The molecule has 0 aliphatic carbocycles. The molecule has 1 aliphatic rings. The summed E-state index contributed by atoms with van der Waals surface area (Å²) < 4.78 is 2.21. The van der Waals surface area contributed by atoms with Gasteiger partial charge in [-0.25, -0.2) is 9.97 Å². The van der Waals surface area contributed by atoms with Gasteiger partial charge in [0.25, 0.3) is 0 Å². The van der Waals surface area contributed by atoms with Crippen LogP contribution in [-0.4, -0.2) is 44.5 Å². The number of likely N-dealkylation sites (tertiary alicyclic amines) is 1. The standard InChI is InChI=1S/C17H25N5OS/c1-14-18-7-12-21(14)10-5-15-4-2-3-9-22(15)11-6-16(23)20-17-19-8-13-24-17/h7-8,12-13,15H,2-6,9-11H2,1H3,(H,19,20,23)/t15-/m1/s1. The van der Waals surface area contributed by atoms with Crippen molar-refractivity contribution in [2.24, 2.45) is 0 Å². The summed E-state index contributed by atoms with van der Waals surface area (Å²) in [5.74, 6) is 1.12. The zero-order valence-electron chi connectivity index (χ0n) is 14.1. The van der Waals surface area contributed by atoms with Gasteiger partial charge in [0.2, 0.25) is 5.91 Å².